The van der Waals surface area contributed by atoms with Gasteiger partial charge in [-0.15, -0.1) is 0 Å². The van der Waals surface area contributed by atoms with Crippen LogP contribution in [0.1, 0.15) is 29.8 Å². The highest BCUT2D eigenvalue weighted by Crippen LogP contribution is 2.11. The topological polar surface area (TPSA) is 81.7 Å². The summed E-state index contributed by atoms with van der Waals surface area (Å²) < 4.78 is 22.7. The number of amides is 1. The van der Waals surface area contributed by atoms with E-state index in [0.29, 0.717) is 16.8 Å². The summed E-state index contributed by atoms with van der Waals surface area (Å²) >= 11 is 0. The van der Waals surface area contributed by atoms with Crippen molar-refractivity contribution >= 4 is 29.6 Å². The maximum absolute atomic E-state index is 12.8. The lowest BCUT2D eigenvalue weighted by Gasteiger charge is -2.09. The van der Waals surface area contributed by atoms with Crippen molar-refractivity contribution in [3.63, 3.8) is 0 Å². The largest absolute Gasteiger partial charge is 0.459 e. The molecule has 0 radical (unpaired) electrons. The molecule has 0 unspecified atom stereocenters. The summed E-state index contributed by atoms with van der Waals surface area (Å²) in [4.78, 5) is 35.2. The number of halogens is 1. The van der Waals surface area contributed by atoms with Gasteiger partial charge in [0.25, 0.3) is 5.91 Å². The second kappa shape index (κ2) is 10.0. The quantitative estimate of drug-likeness (QED) is 0.582. The van der Waals surface area contributed by atoms with Gasteiger partial charge in [-0.05, 0) is 61.9 Å². The van der Waals surface area contributed by atoms with E-state index >= 15 is 0 Å². The van der Waals surface area contributed by atoms with Gasteiger partial charge in [-0.3, -0.25) is 4.79 Å². The number of nitrogens with one attached hydrogen (secondary N) is 1. The first-order valence-corrected chi connectivity index (χ1v) is 8.55. The molecule has 0 aromatic heterocycles. The Balaban J connectivity index is 1.79. The number of anilines is 1. The molecule has 146 valence electrons. The summed E-state index contributed by atoms with van der Waals surface area (Å²) in [5, 5.41) is 2.55. The van der Waals surface area contributed by atoms with E-state index in [1.807, 2.05) is 0 Å². The lowest BCUT2D eigenvalue weighted by molar-refractivity contribution is -0.142. The number of hydrogen-bond donors (Lipinski definition) is 1. The Hall–Kier alpha value is -3.48. The lowest BCUT2D eigenvalue weighted by Crippen LogP contribution is -2.20. The van der Waals surface area contributed by atoms with Gasteiger partial charge in [0.05, 0.1) is 11.7 Å². The molecule has 2 rings (SSSR count). The van der Waals surface area contributed by atoms with E-state index in [-0.39, 0.29) is 11.9 Å². The van der Waals surface area contributed by atoms with Crippen LogP contribution in [0.3, 0.4) is 0 Å². The zero-order valence-corrected chi connectivity index (χ0v) is 15.5. The molecule has 0 saturated carbocycles. The van der Waals surface area contributed by atoms with E-state index in [1.165, 1.54) is 42.5 Å². The van der Waals surface area contributed by atoms with Crippen LogP contribution in [0.4, 0.5) is 10.1 Å². The van der Waals surface area contributed by atoms with Gasteiger partial charge in [-0.2, -0.15) is 0 Å². The monoisotopic (exact) mass is 385 g/mol. The minimum Gasteiger partial charge on any atom is -0.459 e. The second-order valence-corrected chi connectivity index (χ2v) is 6.07. The standard InChI is InChI=1S/C21H20FNO5/c1-14(2)28-21(26)16-6-10-18(11-7-16)23-19(24)13-27-20(25)12-5-15-3-8-17(22)9-4-15/h3-12,14H,13H2,1-2H3,(H,23,24)/b12-5+. The number of esters is 2. The fourth-order valence-corrected chi connectivity index (χ4v) is 2.09. The average Bonchev–Trinajstić information content (AvgIpc) is 2.66. The minimum absolute atomic E-state index is 0.223. The molecule has 0 spiro atoms. The van der Waals surface area contributed by atoms with E-state index < -0.39 is 24.5 Å². The zero-order valence-electron chi connectivity index (χ0n) is 15.5. The zero-order chi connectivity index (χ0) is 20.5. The van der Waals surface area contributed by atoms with Crippen molar-refractivity contribution in [2.24, 2.45) is 0 Å². The van der Waals surface area contributed by atoms with Crippen LogP contribution in [0.2, 0.25) is 0 Å². The minimum atomic E-state index is -0.703. The van der Waals surface area contributed by atoms with Crippen molar-refractivity contribution in [1.82, 2.24) is 0 Å². The highest BCUT2D eigenvalue weighted by atomic mass is 19.1. The Morgan fingerprint density at radius 3 is 2.29 bits per heavy atom. The fourth-order valence-electron chi connectivity index (χ4n) is 2.09. The smallest absolute Gasteiger partial charge is 0.338 e. The Kier molecular flexibility index (Phi) is 7.45. The van der Waals surface area contributed by atoms with Crippen LogP contribution in [-0.2, 0) is 19.1 Å². The van der Waals surface area contributed by atoms with E-state index in [4.69, 9.17) is 9.47 Å². The van der Waals surface area contributed by atoms with E-state index in [2.05, 4.69) is 5.32 Å². The van der Waals surface area contributed by atoms with Crippen LogP contribution in [-0.4, -0.2) is 30.6 Å². The first-order chi connectivity index (χ1) is 13.3. The maximum Gasteiger partial charge on any atom is 0.338 e. The molecule has 0 heterocycles. The van der Waals surface area contributed by atoms with Crippen LogP contribution in [0.25, 0.3) is 6.08 Å². The van der Waals surface area contributed by atoms with Gasteiger partial charge in [0, 0.05) is 11.8 Å². The summed E-state index contributed by atoms with van der Waals surface area (Å²) in [5.74, 6) is -2.05. The van der Waals surface area contributed by atoms with Crippen molar-refractivity contribution in [3.05, 3.63) is 71.6 Å². The third-order valence-corrected chi connectivity index (χ3v) is 3.37. The van der Waals surface area contributed by atoms with Gasteiger partial charge in [0.1, 0.15) is 5.82 Å². The van der Waals surface area contributed by atoms with Gasteiger partial charge < -0.3 is 14.8 Å². The summed E-state index contributed by atoms with van der Waals surface area (Å²) in [6, 6.07) is 11.7. The van der Waals surface area contributed by atoms with Gasteiger partial charge in [-0.1, -0.05) is 12.1 Å². The van der Waals surface area contributed by atoms with Gasteiger partial charge in [-0.25, -0.2) is 14.0 Å². The molecule has 0 saturated heterocycles. The molecule has 2 aromatic carbocycles. The summed E-state index contributed by atoms with van der Waals surface area (Å²) in [7, 11) is 0. The molecule has 0 aliphatic rings. The van der Waals surface area contributed by atoms with E-state index in [9.17, 15) is 18.8 Å². The van der Waals surface area contributed by atoms with Crippen LogP contribution >= 0.6 is 0 Å². The van der Waals surface area contributed by atoms with E-state index in [1.54, 1.807) is 26.0 Å². The predicted octanol–water partition coefficient (Wildman–Crippen LogP) is 3.59. The van der Waals surface area contributed by atoms with Crippen molar-refractivity contribution in [3.8, 4) is 0 Å². The summed E-state index contributed by atoms with van der Waals surface area (Å²) in [5.41, 5.74) is 1.44. The lowest BCUT2D eigenvalue weighted by atomic mass is 10.2. The molecule has 7 heteroatoms. The third kappa shape index (κ3) is 7.03. The van der Waals surface area contributed by atoms with Crippen LogP contribution in [0.15, 0.2) is 54.6 Å². The summed E-state index contributed by atoms with van der Waals surface area (Å²) in [6.07, 6.45) is 2.38. The maximum atomic E-state index is 12.8. The number of hydrogen-bond acceptors (Lipinski definition) is 5. The number of rotatable bonds is 7. The summed E-state index contributed by atoms with van der Waals surface area (Å²) in [6.45, 7) is 3.04. The van der Waals surface area contributed by atoms with E-state index in [0.717, 1.165) is 6.08 Å². The fraction of sp³-hybridized carbons (Fsp3) is 0.190. The van der Waals surface area contributed by atoms with Crippen LogP contribution in [0.5, 0.6) is 0 Å². The first-order valence-electron chi connectivity index (χ1n) is 8.55. The van der Waals surface area contributed by atoms with Crippen LogP contribution in [0, 0.1) is 5.82 Å². The molecule has 0 bridgehead atoms. The normalized spacial score (nSPS) is 10.7. The highest BCUT2D eigenvalue weighted by Gasteiger charge is 2.10. The molecular weight excluding hydrogens is 365 g/mol. The molecule has 6 nitrogen and oxygen atoms in total. The Labute approximate surface area is 162 Å². The van der Waals surface area contributed by atoms with Gasteiger partial charge in [0.15, 0.2) is 6.61 Å². The SMILES string of the molecule is CC(C)OC(=O)c1ccc(NC(=O)COC(=O)/C=C/c2ccc(F)cc2)cc1. The molecule has 1 amide bonds. The average molecular weight is 385 g/mol. The molecule has 28 heavy (non-hydrogen) atoms. The third-order valence-electron chi connectivity index (χ3n) is 3.37. The molecule has 0 fully saturated rings. The number of carbonyl (C=O) groups excluding carboxylic acids is 3. The highest BCUT2D eigenvalue weighted by molar-refractivity contribution is 5.95. The number of carbonyl (C=O) groups is 3. The van der Waals surface area contributed by atoms with Crippen molar-refractivity contribution in [1.29, 1.82) is 0 Å². The molecule has 1 N–H and O–H groups in total. The molecule has 0 atom stereocenters. The van der Waals surface area contributed by atoms with Crippen molar-refractivity contribution in [2.75, 3.05) is 11.9 Å². The molecule has 0 aliphatic heterocycles. The van der Waals surface area contributed by atoms with Gasteiger partial charge in [0.2, 0.25) is 0 Å². The van der Waals surface area contributed by atoms with Crippen LogP contribution < -0.4 is 5.32 Å². The molecule has 0 aliphatic carbocycles. The Morgan fingerprint density at radius 2 is 1.68 bits per heavy atom. The molecular formula is C21H20FNO5. The number of ether oxygens (including phenoxy) is 2. The second-order valence-electron chi connectivity index (χ2n) is 6.07. The number of benzene rings is 2. The first kappa shape index (κ1) is 20.8. The predicted molar refractivity (Wildman–Crippen MR) is 102 cm³/mol. The Morgan fingerprint density at radius 1 is 1.04 bits per heavy atom. The van der Waals surface area contributed by atoms with Crippen molar-refractivity contribution in [2.45, 2.75) is 20.0 Å². The van der Waals surface area contributed by atoms with Gasteiger partial charge >= 0.3 is 11.9 Å². The van der Waals surface area contributed by atoms with Crippen molar-refractivity contribution < 1.29 is 28.2 Å². The Bertz CT molecular complexity index is 857. The molecule has 2 aromatic rings.